The highest BCUT2D eigenvalue weighted by Crippen LogP contribution is 2.39. The lowest BCUT2D eigenvalue weighted by Gasteiger charge is -2.26. The first-order valence-electron chi connectivity index (χ1n) is 11.4. The lowest BCUT2D eigenvalue weighted by Crippen LogP contribution is -2.32. The molecule has 0 fully saturated rings. The number of ether oxygens (including phenoxy) is 1. The first-order valence-corrected chi connectivity index (χ1v) is 11.4. The molecule has 0 spiro atoms. The van der Waals surface area contributed by atoms with E-state index in [1.807, 2.05) is 68.7 Å². The Hall–Kier alpha value is -3.90. The highest BCUT2D eigenvalue weighted by molar-refractivity contribution is 5.99. The number of para-hydroxylation sites is 2. The van der Waals surface area contributed by atoms with Gasteiger partial charge in [0.05, 0.1) is 17.0 Å². The Bertz CT molecular complexity index is 1390. The minimum atomic E-state index is -0.537. The number of hydrogen-bond acceptors (Lipinski definition) is 5. The van der Waals surface area contributed by atoms with Crippen molar-refractivity contribution in [2.45, 2.75) is 12.5 Å². The van der Waals surface area contributed by atoms with Crippen LogP contribution < -0.4 is 10.2 Å². The zero-order chi connectivity index (χ0) is 23.7. The van der Waals surface area contributed by atoms with E-state index in [1.54, 1.807) is 29.2 Å². The fourth-order valence-corrected chi connectivity index (χ4v) is 4.47. The van der Waals surface area contributed by atoms with Crippen LogP contribution in [-0.4, -0.2) is 42.9 Å². The Morgan fingerprint density at radius 3 is 2.44 bits per heavy atom. The van der Waals surface area contributed by atoms with Gasteiger partial charge >= 0.3 is 0 Å². The molecule has 0 saturated carbocycles. The van der Waals surface area contributed by atoms with Crippen molar-refractivity contribution in [3.05, 3.63) is 106 Å². The maximum Gasteiger partial charge on any atom is 0.290 e. The van der Waals surface area contributed by atoms with E-state index in [1.165, 1.54) is 0 Å². The largest absolute Gasteiger partial charge is 0.457 e. The second-order valence-electron chi connectivity index (χ2n) is 8.72. The molecule has 4 aromatic rings. The van der Waals surface area contributed by atoms with Gasteiger partial charge in [-0.1, -0.05) is 42.5 Å². The summed E-state index contributed by atoms with van der Waals surface area (Å²) in [6.45, 7) is 1.33. The van der Waals surface area contributed by atoms with E-state index in [2.05, 4.69) is 4.90 Å². The summed E-state index contributed by atoms with van der Waals surface area (Å²) < 4.78 is 12.0. The van der Waals surface area contributed by atoms with Crippen LogP contribution in [0.5, 0.6) is 11.5 Å². The molecular formula is C28H26N2O4. The number of hydrogen-bond donors (Lipinski definition) is 0. The van der Waals surface area contributed by atoms with Gasteiger partial charge in [0.2, 0.25) is 5.76 Å². The van der Waals surface area contributed by atoms with Crippen LogP contribution in [0.3, 0.4) is 0 Å². The van der Waals surface area contributed by atoms with Crippen molar-refractivity contribution in [3.8, 4) is 11.5 Å². The van der Waals surface area contributed by atoms with Gasteiger partial charge in [-0.3, -0.25) is 9.59 Å². The Balaban J connectivity index is 1.60. The molecule has 0 bridgehead atoms. The minimum Gasteiger partial charge on any atom is -0.457 e. The molecule has 0 radical (unpaired) electrons. The average molecular weight is 455 g/mol. The van der Waals surface area contributed by atoms with Gasteiger partial charge in [-0.25, -0.2) is 0 Å². The molecule has 2 heterocycles. The van der Waals surface area contributed by atoms with Crippen LogP contribution in [-0.2, 0) is 0 Å². The Labute approximate surface area is 198 Å². The molecule has 0 saturated heterocycles. The third-order valence-electron chi connectivity index (χ3n) is 6.03. The van der Waals surface area contributed by atoms with Crippen molar-refractivity contribution in [3.63, 3.8) is 0 Å². The standard InChI is InChI=1S/C28H26N2O4/c1-29(2)16-9-17-30-25(19-10-8-13-21(18-19)33-20-11-4-3-5-12-20)24-26(31)22-14-6-7-15-23(22)34-27(24)28(30)32/h3-8,10-15,18,25H,9,16-17H2,1-2H3. The van der Waals surface area contributed by atoms with E-state index < -0.39 is 6.04 Å². The summed E-state index contributed by atoms with van der Waals surface area (Å²) in [7, 11) is 4.00. The van der Waals surface area contributed by atoms with E-state index in [0.29, 0.717) is 28.8 Å². The summed E-state index contributed by atoms with van der Waals surface area (Å²) in [5, 5.41) is 0.478. The number of benzene rings is 3. The van der Waals surface area contributed by atoms with Crippen LogP contribution in [0.4, 0.5) is 0 Å². The van der Waals surface area contributed by atoms with Gasteiger partial charge in [-0.15, -0.1) is 0 Å². The van der Waals surface area contributed by atoms with Gasteiger partial charge in [0.25, 0.3) is 5.91 Å². The van der Waals surface area contributed by atoms with E-state index in [0.717, 1.165) is 24.3 Å². The number of carbonyl (C=O) groups is 1. The lowest BCUT2D eigenvalue weighted by atomic mass is 9.98. The minimum absolute atomic E-state index is 0.132. The molecule has 0 N–H and O–H groups in total. The summed E-state index contributed by atoms with van der Waals surface area (Å²) in [6, 6.07) is 23.6. The second-order valence-corrected chi connectivity index (χ2v) is 8.72. The van der Waals surface area contributed by atoms with Gasteiger partial charge in [0, 0.05) is 6.54 Å². The second kappa shape index (κ2) is 9.15. The fraction of sp³-hybridized carbons (Fsp3) is 0.214. The normalized spacial score (nSPS) is 15.2. The first kappa shape index (κ1) is 21.9. The number of amides is 1. The highest BCUT2D eigenvalue weighted by Gasteiger charge is 2.42. The Kier molecular flexibility index (Phi) is 5.90. The third kappa shape index (κ3) is 4.08. The molecule has 6 nitrogen and oxygen atoms in total. The Morgan fingerprint density at radius 1 is 0.912 bits per heavy atom. The van der Waals surface area contributed by atoms with Crippen molar-refractivity contribution < 1.29 is 13.9 Å². The van der Waals surface area contributed by atoms with Crippen molar-refractivity contribution >= 4 is 16.9 Å². The van der Waals surface area contributed by atoms with Crippen molar-refractivity contribution in [2.24, 2.45) is 0 Å². The quantitative estimate of drug-likeness (QED) is 0.390. The molecule has 34 heavy (non-hydrogen) atoms. The van der Waals surface area contributed by atoms with Crippen molar-refractivity contribution in [2.75, 3.05) is 27.2 Å². The van der Waals surface area contributed by atoms with Gasteiger partial charge < -0.3 is 19.0 Å². The van der Waals surface area contributed by atoms with Gasteiger partial charge in [-0.05, 0) is 69.0 Å². The monoisotopic (exact) mass is 454 g/mol. The fourth-order valence-electron chi connectivity index (χ4n) is 4.47. The molecule has 172 valence electrons. The maximum atomic E-state index is 13.6. The predicted molar refractivity (Wildman–Crippen MR) is 131 cm³/mol. The Morgan fingerprint density at radius 2 is 1.65 bits per heavy atom. The molecule has 3 aromatic carbocycles. The van der Waals surface area contributed by atoms with Crippen LogP contribution in [0.25, 0.3) is 11.0 Å². The molecule has 1 aliphatic heterocycles. The zero-order valence-corrected chi connectivity index (χ0v) is 19.2. The smallest absolute Gasteiger partial charge is 0.290 e. The third-order valence-corrected chi connectivity index (χ3v) is 6.03. The van der Waals surface area contributed by atoms with E-state index >= 15 is 0 Å². The number of rotatable bonds is 7. The lowest BCUT2D eigenvalue weighted by molar-refractivity contribution is 0.0722. The topological polar surface area (TPSA) is 63.0 Å². The summed E-state index contributed by atoms with van der Waals surface area (Å²) in [5.74, 6) is 1.24. The van der Waals surface area contributed by atoms with Crippen LogP contribution in [0, 0.1) is 0 Å². The highest BCUT2D eigenvalue weighted by atomic mass is 16.5. The first-order chi connectivity index (χ1) is 16.5. The van der Waals surface area contributed by atoms with Gasteiger partial charge in [0.1, 0.15) is 17.1 Å². The SMILES string of the molecule is CN(C)CCCN1C(=O)c2oc3ccccc3c(=O)c2C1c1cccc(Oc2ccccc2)c1. The molecule has 6 heteroatoms. The molecular weight excluding hydrogens is 428 g/mol. The van der Waals surface area contributed by atoms with Crippen molar-refractivity contribution in [1.82, 2.24) is 9.80 Å². The summed E-state index contributed by atoms with van der Waals surface area (Å²) in [6.07, 6.45) is 0.775. The van der Waals surface area contributed by atoms with Crippen molar-refractivity contribution in [1.29, 1.82) is 0 Å². The zero-order valence-electron chi connectivity index (χ0n) is 19.2. The summed E-state index contributed by atoms with van der Waals surface area (Å²) in [4.78, 5) is 30.9. The van der Waals surface area contributed by atoms with Crippen LogP contribution in [0.1, 0.15) is 34.1 Å². The van der Waals surface area contributed by atoms with E-state index in [9.17, 15) is 9.59 Å². The van der Waals surface area contributed by atoms with Gasteiger partial charge in [-0.2, -0.15) is 0 Å². The summed E-state index contributed by atoms with van der Waals surface area (Å²) in [5.41, 5.74) is 1.47. The molecule has 1 atom stereocenters. The van der Waals surface area contributed by atoms with Gasteiger partial charge in [0.15, 0.2) is 5.43 Å². The molecule has 5 rings (SSSR count). The molecule has 1 unspecified atom stereocenters. The molecule has 0 aliphatic carbocycles. The van der Waals surface area contributed by atoms with Crippen LogP contribution in [0.2, 0.25) is 0 Å². The maximum absolute atomic E-state index is 13.6. The van der Waals surface area contributed by atoms with E-state index in [-0.39, 0.29) is 17.1 Å². The molecule has 1 aliphatic rings. The number of fused-ring (bicyclic) bond motifs is 2. The molecule has 1 aromatic heterocycles. The van der Waals surface area contributed by atoms with Crippen LogP contribution in [0.15, 0.2) is 88.1 Å². The predicted octanol–water partition coefficient (Wildman–Crippen LogP) is 5.08. The number of nitrogens with zero attached hydrogens (tertiary/aromatic N) is 2. The molecule has 1 amide bonds. The van der Waals surface area contributed by atoms with E-state index in [4.69, 9.17) is 9.15 Å². The number of carbonyl (C=O) groups excluding carboxylic acids is 1. The summed E-state index contributed by atoms with van der Waals surface area (Å²) >= 11 is 0. The van der Waals surface area contributed by atoms with Crippen LogP contribution >= 0.6 is 0 Å². The average Bonchev–Trinajstić information content (AvgIpc) is 3.12.